The number of nitrogens with zero attached hydrogens (tertiary/aromatic N) is 1. The molecule has 0 bridgehead atoms. The average Bonchev–Trinajstić information content (AvgIpc) is 2.36. The number of hydrogen-bond acceptors (Lipinski definition) is 3. The number of aryl methyl sites for hydroxylation is 1. The van der Waals surface area contributed by atoms with Crippen LogP contribution in [-0.4, -0.2) is 4.92 Å². The summed E-state index contributed by atoms with van der Waals surface area (Å²) in [7, 11) is 0. The molecule has 0 amide bonds. The molecule has 0 fully saturated rings. The Morgan fingerprint density at radius 2 is 1.80 bits per heavy atom. The number of halogens is 2. The van der Waals surface area contributed by atoms with Gasteiger partial charge < -0.3 is 5.32 Å². The van der Waals surface area contributed by atoms with Crippen molar-refractivity contribution in [1.82, 2.24) is 0 Å². The minimum atomic E-state index is -0.678. The Balaban J connectivity index is 2.14. The quantitative estimate of drug-likeness (QED) is 0.683. The highest BCUT2D eigenvalue weighted by Crippen LogP contribution is 2.20. The number of nitro groups is 1. The second-order valence-electron chi connectivity index (χ2n) is 4.39. The Hall–Kier alpha value is -2.50. The molecule has 0 saturated carbocycles. The molecule has 0 spiro atoms. The van der Waals surface area contributed by atoms with Gasteiger partial charge in [0.15, 0.2) is 0 Å². The van der Waals surface area contributed by atoms with Crippen molar-refractivity contribution in [2.24, 2.45) is 0 Å². The zero-order valence-corrected chi connectivity index (χ0v) is 10.7. The van der Waals surface area contributed by atoms with Crippen molar-refractivity contribution < 1.29 is 13.7 Å². The highest BCUT2D eigenvalue weighted by molar-refractivity contribution is 5.47. The van der Waals surface area contributed by atoms with Crippen molar-refractivity contribution in [3.05, 3.63) is 69.3 Å². The molecule has 0 saturated heterocycles. The van der Waals surface area contributed by atoms with Gasteiger partial charge in [-0.25, -0.2) is 8.78 Å². The van der Waals surface area contributed by atoms with Gasteiger partial charge in [-0.1, -0.05) is 12.1 Å². The van der Waals surface area contributed by atoms with Crippen LogP contribution in [0.1, 0.15) is 11.1 Å². The largest absolute Gasteiger partial charge is 0.381 e. The third-order valence-corrected chi connectivity index (χ3v) is 2.83. The Morgan fingerprint density at radius 1 is 1.15 bits per heavy atom. The van der Waals surface area contributed by atoms with Crippen LogP contribution < -0.4 is 5.32 Å². The number of nitro benzene ring substituents is 1. The van der Waals surface area contributed by atoms with Crippen LogP contribution >= 0.6 is 0 Å². The van der Waals surface area contributed by atoms with Crippen LogP contribution in [0.5, 0.6) is 0 Å². The van der Waals surface area contributed by atoms with E-state index >= 15 is 0 Å². The van der Waals surface area contributed by atoms with Gasteiger partial charge in [0, 0.05) is 29.9 Å². The molecule has 20 heavy (non-hydrogen) atoms. The molecule has 6 heteroatoms. The zero-order chi connectivity index (χ0) is 14.7. The second kappa shape index (κ2) is 5.64. The van der Waals surface area contributed by atoms with Crippen molar-refractivity contribution in [2.75, 3.05) is 5.32 Å². The third kappa shape index (κ3) is 3.28. The summed E-state index contributed by atoms with van der Waals surface area (Å²) in [6, 6.07) is 7.91. The van der Waals surface area contributed by atoms with E-state index in [4.69, 9.17) is 0 Å². The number of hydrogen-bond donors (Lipinski definition) is 1. The van der Waals surface area contributed by atoms with Gasteiger partial charge in [-0.3, -0.25) is 10.1 Å². The number of nitrogens with one attached hydrogen (secondary N) is 1. The van der Waals surface area contributed by atoms with Crippen molar-refractivity contribution in [2.45, 2.75) is 13.5 Å². The summed E-state index contributed by atoms with van der Waals surface area (Å²) in [5.74, 6) is -1.36. The van der Waals surface area contributed by atoms with E-state index in [0.29, 0.717) is 11.1 Å². The molecule has 0 aliphatic heterocycles. The molecule has 2 aromatic rings. The van der Waals surface area contributed by atoms with Crippen molar-refractivity contribution in [3.8, 4) is 0 Å². The molecule has 0 heterocycles. The van der Waals surface area contributed by atoms with E-state index in [0.717, 1.165) is 18.2 Å². The fourth-order valence-corrected chi connectivity index (χ4v) is 1.82. The summed E-state index contributed by atoms with van der Waals surface area (Å²) in [5, 5.41) is 13.6. The van der Waals surface area contributed by atoms with Gasteiger partial charge in [0.2, 0.25) is 0 Å². The summed E-state index contributed by atoms with van der Waals surface area (Å²) in [5.41, 5.74) is 1.53. The Labute approximate surface area is 114 Å². The summed E-state index contributed by atoms with van der Waals surface area (Å²) >= 11 is 0. The first-order valence-corrected chi connectivity index (χ1v) is 5.89. The molecular formula is C14H12F2N2O2. The molecule has 0 aliphatic carbocycles. The van der Waals surface area contributed by atoms with Crippen LogP contribution in [0.2, 0.25) is 0 Å². The third-order valence-electron chi connectivity index (χ3n) is 2.83. The first-order valence-electron chi connectivity index (χ1n) is 5.89. The molecule has 0 atom stereocenters. The van der Waals surface area contributed by atoms with Gasteiger partial charge in [-0.2, -0.15) is 0 Å². The fourth-order valence-electron chi connectivity index (χ4n) is 1.82. The molecule has 0 aromatic heterocycles. The summed E-state index contributed by atoms with van der Waals surface area (Å²) in [6.45, 7) is 1.89. The number of benzene rings is 2. The molecule has 104 valence electrons. The summed E-state index contributed by atoms with van der Waals surface area (Å²) in [6.07, 6.45) is 0. The maximum Gasteiger partial charge on any atom is 0.272 e. The standard InChI is InChI=1S/C14H12F2N2O2/c1-9-2-3-10(4-14(9)18(19)20)8-17-13-6-11(15)5-12(16)7-13/h2-7,17H,8H2,1H3. The fraction of sp³-hybridized carbons (Fsp3) is 0.143. The first-order chi connectivity index (χ1) is 9.45. The normalized spacial score (nSPS) is 10.3. The van der Waals surface area contributed by atoms with Gasteiger partial charge in [-0.15, -0.1) is 0 Å². The zero-order valence-electron chi connectivity index (χ0n) is 10.7. The SMILES string of the molecule is Cc1ccc(CNc2cc(F)cc(F)c2)cc1[N+](=O)[O-]. The monoisotopic (exact) mass is 278 g/mol. The lowest BCUT2D eigenvalue weighted by Crippen LogP contribution is -2.02. The van der Waals surface area contributed by atoms with Gasteiger partial charge in [0.25, 0.3) is 5.69 Å². The highest BCUT2D eigenvalue weighted by atomic mass is 19.1. The Kier molecular flexibility index (Phi) is 3.93. The average molecular weight is 278 g/mol. The Bertz CT molecular complexity index is 639. The van der Waals surface area contributed by atoms with Gasteiger partial charge in [0.05, 0.1) is 4.92 Å². The van der Waals surface area contributed by atoms with E-state index in [1.54, 1.807) is 19.1 Å². The number of rotatable bonds is 4. The minimum Gasteiger partial charge on any atom is -0.381 e. The van der Waals surface area contributed by atoms with Crippen LogP contribution in [0, 0.1) is 28.7 Å². The lowest BCUT2D eigenvalue weighted by Gasteiger charge is -2.07. The molecule has 0 unspecified atom stereocenters. The van der Waals surface area contributed by atoms with Crippen LogP contribution in [-0.2, 0) is 6.54 Å². The molecular weight excluding hydrogens is 266 g/mol. The summed E-state index contributed by atoms with van der Waals surface area (Å²) < 4.78 is 26.0. The molecule has 4 nitrogen and oxygen atoms in total. The van der Waals surface area contributed by atoms with Crippen molar-refractivity contribution in [1.29, 1.82) is 0 Å². The topological polar surface area (TPSA) is 55.2 Å². The highest BCUT2D eigenvalue weighted by Gasteiger charge is 2.10. The maximum atomic E-state index is 13.0. The van der Waals surface area contributed by atoms with Crippen LogP contribution in [0.25, 0.3) is 0 Å². The smallest absolute Gasteiger partial charge is 0.272 e. The van der Waals surface area contributed by atoms with E-state index < -0.39 is 16.6 Å². The van der Waals surface area contributed by atoms with Crippen LogP contribution in [0.15, 0.2) is 36.4 Å². The van der Waals surface area contributed by atoms with E-state index in [2.05, 4.69) is 5.32 Å². The van der Waals surface area contributed by atoms with Gasteiger partial charge >= 0.3 is 0 Å². The van der Waals surface area contributed by atoms with E-state index in [9.17, 15) is 18.9 Å². The van der Waals surface area contributed by atoms with Crippen molar-refractivity contribution in [3.63, 3.8) is 0 Å². The molecule has 1 N–H and O–H groups in total. The Morgan fingerprint density at radius 3 is 2.40 bits per heavy atom. The van der Waals surface area contributed by atoms with Gasteiger partial charge in [-0.05, 0) is 24.6 Å². The molecule has 0 aliphatic rings. The van der Waals surface area contributed by atoms with E-state index in [1.807, 2.05) is 0 Å². The molecule has 2 rings (SSSR count). The van der Waals surface area contributed by atoms with Crippen LogP contribution in [0.3, 0.4) is 0 Å². The first kappa shape index (κ1) is 13.9. The van der Waals surface area contributed by atoms with E-state index in [-0.39, 0.29) is 17.9 Å². The molecule has 0 radical (unpaired) electrons. The molecule has 2 aromatic carbocycles. The number of anilines is 1. The van der Waals surface area contributed by atoms with Crippen molar-refractivity contribution >= 4 is 11.4 Å². The predicted molar refractivity (Wildman–Crippen MR) is 71.5 cm³/mol. The predicted octanol–water partition coefficient (Wildman–Crippen LogP) is 3.79. The lowest BCUT2D eigenvalue weighted by atomic mass is 10.1. The lowest BCUT2D eigenvalue weighted by molar-refractivity contribution is -0.385. The maximum absolute atomic E-state index is 13.0. The minimum absolute atomic E-state index is 0.0229. The van der Waals surface area contributed by atoms with Crippen LogP contribution in [0.4, 0.5) is 20.2 Å². The summed E-state index contributed by atoms with van der Waals surface area (Å²) in [4.78, 5) is 10.4. The van der Waals surface area contributed by atoms with E-state index in [1.165, 1.54) is 6.07 Å². The van der Waals surface area contributed by atoms with Gasteiger partial charge in [0.1, 0.15) is 11.6 Å². The second-order valence-corrected chi connectivity index (χ2v) is 4.39.